The summed E-state index contributed by atoms with van der Waals surface area (Å²) in [5.41, 5.74) is 2.22. The van der Waals surface area contributed by atoms with Crippen LogP contribution in [0.1, 0.15) is 12.5 Å². The molecular weight excluding hydrogens is 297 g/mol. The Labute approximate surface area is 133 Å². The van der Waals surface area contributed by atoms with E-state index in [0.717, 1.165) is 5.56 Å². The highest BCUT2D eigenvalue weighted by molar-refractivity contribution is 5.93. The predicted octanol–water partition coefficient (Wildman–Crippen LogP) is 2.51. The van der Waals surface area contributed by atoms with Crippen molar-refractivity contribution in [3.8, 4) is 0 Å². The number of benzene rings is 2. The predicted molar refractivity (Wildman–Crippen MR) is 87.5 cm³/mol. The normalized spacial score (nSPS) is 10.2. The SMILES string of the molecule is CC(=O)Nc1ccc(NC(=O)CNCc2ccc(F)cc2)cc1. The number of hydrogen-bond donors (Lipinski definition) is 3. The fourth-order valence-electron chi connectivity index (χ4n) is 1.97. The highest BCUT2D eigenvalue weighted by Gasteiger charge is 2.03. The van der Waals surface area contributed by atoms with Gasteiger partial charge in [-0.1, -0.05) is 12.1 Å². The van der Waals surface area contributed by atoms with Crippen LogP contribution in [0.3, 0.4) is 0 Å². The second-order valence-corrected chi connectivity index (χ2v) is 5.04. The lowest BCUT2D eigenvalue weighted by Gasteiger charge is -2.08. The molecule has 6 heteroatoms. The van der Waals surface area contributed by atoms with E-state index >= 15 is 0 Å². The zero-order valence-electron chi connectivity index (χ0n) is 12.7. The first kappa shape index (κ1) is 16.6. The van der Waals surface area contributed by atoms with Gasteiger partial charge in [-0.25, -0.2) is 4.39 Å². The van der Waals surface area contributed by atoms with Crippen molar-refractivity contribution in [2.75, 3.05) is 17.2 Å². The summed E-state index contributed by atoms with van der Waals surface area (Å²) >= 11 is 0. The topological polar surface area (TPSA) is 70.2 Å². The number of anilines is 2. The number of nitrogens with one attached hydrogen (secondary N) is 3. The van der Waals surface area contributed by atoms with Crippen LogP contribution in [0.15, 0.2) is 48.5 Å². The summed E-state index contributed by atoms with van der Waals surface area (Å²) < 4.78 is 12.8. The first-order valence-corrected chi connectivity index (χ1v) is 7.15. The first-order valence-electron chi connectivity index (χ1n) is 7.15. The number of carbonyl (C=O) groups excluding carboxylic acids is 2. The third-order valence-electron chi connectivity index (χ3n) is 3.02. The van der Waals surface area contributed by atoms with Crippen molar-refractivity contribution in [1.82, 2.24) is 5.32 Å². The molecule has 0 heterocycles. The molecule has 2 aromatic rings. The molecule has 0 radical (unpaired) electrons. The minimum absolute atomic E-state index is 0.144. The minimum atomic E-state index is -0.283. The maximum absolute atomic E-state index is 12.8. The molecular formula is C17H18FN3O2. The van der Waals surface area contributed by atoms with Gasteiger partial charge in [-0.15, -0.1) is 0 Å². The standard InChI is InChI=1S/C17H18FN3O2/c1-12(22)20-15-6-8-16(9-7-15)21-17(23)11-19-10-13-2-4-14(18)5-3-13/h2-9,19H,10-11H2,1H3,(H,20,22)(H,21,23). The maximum atomic E-state index is 12.8. The Morgan fingerprint density at radius 1 is 0.913 bits per heavy atom. The fourth-order valence-corrected chi connectivity index (χ4v) is 1.97. The van der Waals surface area contributed by atoms with Crippen LogP contribution in [-0.4, -0.2) is 18.4 Å². The summed E-state index contributed by atoms with van der Waals surface area (Å²) in [5.74, 6) is -0.611. The van der Waals surface area contributed by atoms with E-state index in [9.17, 15) is 14.0 Å². The molecule has 0 unspecified atom stereocenters. The van der Waals surface area contributed by atoms with Crippen LogP contribution in [0.25, 0.3) is 0 Å². The van der Waals surface area contributed by atoms with Gasteiger partial charge in [0.05, 0.1) is 6.54 Å². The average molecular weight is 315 g/mol. The molecule has 0 atom stereocenters. The van der Waals surface area contributed by atoms with E-state index in [0.29, 0.717) is 17.9 Å². The Balaban J connectivity index is 1.76. The zero-order valence-corrected chi connectivity index (χ0v) is 12.7. The number of carbonyl (C=O) groups is 2. The second kappa shape index (κ2) is 8.05. The summed E-state index contributed by atoms with van der Waals surface area (Å²) in [4.78, 5) is 22.7. The minimum Gasteiger partial charge on any atom is -0.326 e. The summed E-state index contributed by atoms with van der Waals surface area (Å²) in [7, 11) is 0. The van der Waals surface area contributed by atoms with Crippen LogP contribution >= 0.6 is 0 Å². The van der Waals surface area contributed by atoms with Gasteiger partial charge < -0.3 is 16.0 Å². The molecule has 23 heavy (non-hydrogen) atoms. The molecule has 120 valence electrons. The molecule has 2 amide bonds. The van der Waals surface area contributed by atoms with Crippen molar-refractivity contribution < 1.29 is 14.0 Å². The zero-order chi connectivity index (χ0) is 16.7. The number of rotatable bonds is 6. The molecule has 0 aliphatic heterocycles. The highest BCUT2D eigenvalue weighted by Crippen LogP contribution is 2.13. The van der Waals surface area contributed by atoms with Gasteiger partial charge in [-0.3, -0.25) is 9.59 Å². The summed E-state index contributed by atoms with van der Waals surface area (Å²) in [5, 5.41) is 8.38. The van der Waals surface area contributed by atoms with E-state index in [-0.39, 0.29) is 24.2 Å². The third-order valence-corrected chi connectivity index (χ3v) is 3.02. The van der Waals surface area contributed by atoms with Gasteiger partial charge in [-0.2, -0.15) is 0 Å². The highest BCUT2D eigenvalue weighted by atomic mass is 19.1. The number of halogens is 1. The van der Waals surface area contributed by atoms with Crippen molar-refractivity contribution in [2.24, 2.45) is 0 Å². The lowest BCUT2D eigenvalue weighted by atomic mass is 10.2. The quantitative estimate of drug-likeness (QED) is 0.767. The van der Waals surface area contributed by atoms with E-state index in [2.05, 4.69) is 16.0 Å². The molecule has 0 fully saturated rings. The second-order valence-electron chi connectivity index (χ2n) is 5.04. The van der Waals surface area contributed by atoms with Gasteiger partial charge >= 0.3 is 0 Å². The average Bonchev–Trinajstić information content (AvgIpc) is 2.51. The summed E-state index contributed by atoms with van der Waals surface area (Å²) in [6, 6.07) is 12.9. The monoisotopic (exact) mass is 315 g/mol. The van der Waals surface area contributed by atoms with Crippen LogP contribution in [0.2, 0.25) is 0 Å². The van der Waals surface area contributed by atoms with Crippen molar-refractivity contribution in [1.29, 1.82) is 0 Å². The number of amides is 2. The van der Waals surface area contributed by atoms with Gasteiger partial charge in [0, 0.05) is 24.8 Å². The molecule has 0 aliphatic rings. The molecule has 3 N–H and O–H groups in total. The smallest absolute Gasteiger partial charge is 0.238 e. The van der Waals surface area contributed by atoms with E-state index in [1.54, 1.807) is 36.4 Å². The van der Waals surface area contributed by atoms with Gasteiger partial charge in [0.2, 0.25) is 11.8 Å². The lowest BCUT2D eigenvalue weighted by Crippen LogP contribution is -2.27. The Morgan fingerprint density at radius 2 is 1.48 bits per heavy atom. The third kappa shape index (κ3) is 5.88. The summed E-state index contributed by atoms with van der Waals surface area (Å²) in [6.07, 6.45) is 0. The Hall–Kier alpha value is -2.73. The molecule has 5 nitrogen and oxygen atoms in total. The summed E-state index contributed by atoms with van der Waals surface area (Å²) in [6.45, 7) is 2.06. The molecule has 0 bridgehead atoms. The van der Waals surface area contributed by atoms with Crippen molar-refractivity contribution >= 4 is 23.2 Å². The van der Waals surface area contributed by atoms with Crippen LogP contribution < -0.4 is 16.0 Å². The van der Waals surface area contributed by atoms with Crippen molar-refractivity contribution in [3.63, 3.8) is 0 Å². The van der Waals surface area contributed by atoms with E-state index in [1.165, 1.54) is 19.1 Å². The lowest BCUT2D eigenvalue weighted by molar-refractivity contribution is -0.115. The molecule has 0 saturated carbocycles. The van der Waals surface area contributed by atoms with Gasteiger partial charge in [0.15, 0.2) is 0 Å². The van der Waals surface area contributed by atoms with Crippen LogP contribution in [0.5, 0.6) is 0 Å². The van der Waals surface area contributed by atoms with E-state index in [4.69, 9.17) is 0 Å². The largest absolute Gasteiger partial charge is 0.326 e. The molecule has 2 rings (SSSR count). The molecule has 0 aliphatic carbocycles. The van der Waals surface area contributed by atoms with Gasteiger partial charge in [0.25, 0.3) is 0 Å². The van der Waals surface area contributed by atoms with Crippen LogP contribution in [0, 0.1) is 5.82 Å². The van der Waals surface area contributed by atoms with Crippen molar-refractivity contribution in [2.45, 2.75) is 13.5 Å². The first-order chi connectivity index (χ1) is 11.0. The van der Waals surface area contributed by atoms with Gasteiger partial charge in [0.1, 0.15) is 5.82 Å². The maximum Gasteiger partial charge on any atom is 0.238 e. The van der Waals surface area contributed by atoms with Crippen molar-refractivity contribution in [3.05, 3.63) is 59.9 Å². The molecule has 0 spiro atoms. The number of hydrogen-bond acceptors (Lipinski definition) is 3. The Bertz CT molecular complexity index is 669. The molecule has 2 aromatic carbocycles. The molecule has 0 aromatic heterocycles. The van der Waals surface area contributed by atoms with Crippen LogP contribution in [0.4, 0.5) is 15.8 Å². The van der Waals surface area contributed by atoms with Crippen LogP contribution in [-0.2, 0) is 16.1 Å². The Kier molecular flexibility index (Phi) is 5.82. The molecule has 0 saturated heterocycles. The van der Waals surface area contributed by atoms with Gasteiger partial charge in [-0.05, 0) is 42.0 Å². The fraction of sp³-hybridized carbons (Fsp3) is 0.176. The van der Waals surface area contributed by atoms with E-state index < -0.39 is 0 Å². The van der Waals surface area contributed by atoms with E-state index in [1.807, 2.05) is 0 Å². The Morgan fingerprint density at radius 3 is 2.04 bits per heavy atom.